The molecule has 0 spiro atoms. The molecule has 1 aromatic rings. The Morgan fingerprint density at radius 1 is 1.09 bits per heavy atom. The van der Waals surface area contributed by atoms with Gasteiger partial charge in [0.25, 0.3) is 0 Å². The molecular formula is C13H10F3N3O3. The lowest BCUT2D eigenvalue weighted by Gasteiger charge is -2.07. The van der Waals surface area contributed by atoms with Crippen LogP contribution in [0.5, 0.6) is 0 Å². The van der Waals surface area contributed by atoms with Gasteiger partial charge >= 0.3 is 12.1 Å². The Labute approximate surface area is 123 Å². The van der Waals surface area contributed by atoms with Crippen molar-refractivity contribution in [2.45, 2.75) is 19.0 Å². The van der Waals surface area contributed by atoms with Gasteiger partial charge in [0.15, 0.2) is 0 Å². The summed E-state index contributed by atoms with van der Waals surface area (Å²) in [5.41, 5.74) is -0.556. The third kappa shape index (κ3) is 8.17. The summed E-state index contributed by atoms with van der Waals surface area (Å²) in [4.78, 5) is 20.3. The maximum Gasteiger partial charge on any atom is 0.416 e. The molecule has 0 aliphatic heterocycles. The molecular weight excluding hydrogens is 303 g/mol. The molecule has 0 radical (unpaired) electrons. The van der Waals surface area contributed by atoms with Crippen LogP contribution in [-0.2, 0) is 15.8 Å². The van der Waals surface area contributed by atoms with Crippen molar-refractivity contribution < 1.29 is 27.9 Å². The summed E-state index contributed by atoms with van der Waals surface area (Å²) >= 11 is 0. The van der Waals surface area contributed by atoms with Gasteiger partial charge < -0.3 is 10.4 Å². The Morgan fingerprint density at radius 2 is 1.59 bits per heavy atom. The molecule has 2 N–H and O–H groups in total. The van der Waals surface area contributed by atoms with E-state index in [9.17, 15) is 22.8 Å². The monoisotopic (exact) mass is 313 g/mol. The molecule has 0 heterocycles. The maximum atomic E-state index is 12.2. The minimum Gasteiger partial charge on any atom is -0.480 e. The first-order valence-electron chi connectivity index (χ1n) is 5.63. The molecule has 116 valence electrons. The van der Waals surface area contributed by atoms with Gasteiger partial charge in [-0.1, -0.05) is 0 Å². The number of halogens is 3. The van der Waals surface area contributed by atoms with Gasteiger partial charge in [0.1, 0.15) is 12.8 Å². The molecule has 0 saturated carbocycles. The zero-order chi connectivity index (χ0) is 17.2. The van der Waals surface area contributed by atoms with E-state index < -0.39 is 30.0 Å². The zero-order valence-electron chi connectivity index (χ0n) is 11.0. The summed E-state index contributed by atoms with van der Waals surface area (Å²) in [6.07, 6.45) is -5.13. The first-order valence-corrected chi connectivity index (χ1v) is 5.63. The molecule has 1 aromatic carbocycles. The highest BCUT2D eigenvalue weighted by molar-refractivity contribution is 5.91. The minimum atomic E-state index is -4.39. The summed E-state index contributed by atoms with van der Waals surface area (Å²) in [7, 11) is 0. The fourth-order valence-corrected chi connectivity index (χ4v) is 1.09. The minimum absolute atomic E-state index is 0.230. The number of amides is 1. The van der Waals surface area contributed by atoms with Gasteiger partial charge in [-0.05, 0) is 24.3 Å². The highest BCUT2D eigenvalue weighted by atomic mass is 19.4. The average molecular weight is 313 g/mol. The van der Waals surface area contributed by atoms with E-state index >= 15 is 0 Å². The molecule has 0 atom stereocenters. The molecule has 1 amide bonds. The van der Waals surface area contributed by atoms with Gasteiger partial charge in [-0.2, -0.15) is 23.7 Å². The number of nitriles is 2. The second-order valence-corrected chi connectivity index (χ2v) is 3.69. The number of hydrogen-bond acceptors (Lipinski definition) is 4. The van der Waals surface area contributed by atoms with Crippen LogP contribution in [-0.4, -0.2) is 17.0 Å². The van der Waals surface area contributed by atoms with Crippen LogP contribution in [0, 0.1) is 22.7 Å². The van der Waals surface area contributed by atoms with E-state index in [1.165, 1.54) is 6.07 Å². The highest BCUT2D eigenvalue weighted by Crippen LogP contribution is 2.29. The van der Waals surface area contributed by atoms with Crippen molar-refractivity contribution in [2.75, 3.05) is 5.32 Å². The van der Waals surface area contributed by atoms with Crippen molar-refractivity contribution >= 4 is 17.6 Å². The molecule has 1 rings (SSSR count). The van der Waals surface area contributed by atoms with Crippen molar-refractivity contribution in [3.8, 4) is 12.1 Å². The van der Waals surface area contributed by atoms with Gasteiger partial charge in [-0.3, -0.25) is 9.59 Å². The summed E-state index contributed by atoms with van der Waals surface area (Å²) < 4.78 is 36.5. The lowest BCUT2D eigenvalue weighted by Crippen LogP contribution is -2.10. The van der Waals surface area contributed by atoms with E-state index in [1.807, 2.05) is 0 Å². The highest BCUT2D eigenvalue weighted by Gasteiger charge is 2.29. The molecule has 0 fully saturated rings. The number of aliphatic carboxylic acids is 1. The van der Waals surface area contributed by atoms with E-state index in [1.54, 1.807) is 6.07 Å². The van der Waals surface area contributed by atoms with Crippen LogP contribution in [0.4, 0.5) is 18.9 Å². The van der Waals surface area contributed by atoms with Crippen molar-refractivity contribution in [1.29, 1.82) is 10.5 Å². The smallest absolute Gasteiger partial charge is 0.416 e. The third-order valence-electron chi connectivity index (χ3n) is 1.97. The quantitative estimate of drug-likeness (QED) is 0.890. The molecule has 22 heavy (non-hydrogen) atoms. The van der Waals surface area contributed by atoms with Gasteiger partial charge in [0.05, 0.1) is 17.7 Å². The number of hydrogen-bond donors (Lipinski definition) is 2. The van der Waals surface area contributed by atoms with E-state index in [0.717, 1.165) is 24.3 Å². The summed E-state index contributed by atoms with van der Waals surface area (Å²) in [6.45, 7) is 0. The van der Waals surface area contributed by atoms with Gasteiger partial charge in [0.2, 0.25) is 5.91 Å². The number of alkyl halides is 3. The van der Waals surface area contributed by atoms with Crippen molar-refractivity contribution in [1.82, 2.24) is 0 Å². The number of benzene rings is 1. The Hall–Kier alpha value is -3.07. The van der Waals surface area contributed by atoms with E-state index in [0.29, 0.717) is 0 Å². The largest absolute Gasteiger partial charge is 0.480 e. The number of rotatable bonds is 3. The zero-order valence-corrected chi connectivity index (χ0v) is 11.0. The Bertz CT molecular complexity index is 598. The molecule has 0 aliphatic carbocycles. The predicted octanol–water partition coefficient (Wildman–Crippen LogP) is 2.54. The number of carbonyl (C=O) groups excluding carboxylic acids is 1. The van der Waals surface area contributed by atoms with Gasteiger partial charge in [-0.25, -0.2) is 0 Å². The number of carbonyl (C=O) groups is 2. The van der Waals surface area contributed by atoms with Crippen LogP contribution >= 0.6 is 0 Å². The summed E-state index contributed by atoms with van der Waals surface area (Å²) in [6, 6.07) is 7.10. The van der Waals surface area contributed by atoms with Gasteiger partial charge in [0, 0.05) is 5.69 Å². The fraction of sp³-hybridized carbons (Fsp3) is 0.231. The van der Waals surface area contributed by atoms with Crippen molar-refractivity contribution in [3.63, 3.8) is 0 Å². The van der Waals surface area contributed by atoms with E-state index in [4.69, 9.17) is 15.6 Å². The van der Waals surface area contributed by atoms with Gasteiger partial charge in [-0.15, -0.1) is 0 Å². The lowest BCUT2D eigenvalue weighted by molar-refractivity contribution is -0.138. The lowest BCUT2D eigenvalue weighted by atomic mass is 10.2. The van der Waals surface area contributed by atoms with Crippen molar-refractivity contribution in [3.05, 3.63) is 29.8 Å². The number of nitrogens with one attached hydrogen (secondary N) is 1. The first kappa shape index (κ1) is 18.9. The summed E-state index contributed by atoms with van der Waals surface area (Å²) in [5, 5.41) is 25.8. The maximum absolute atomic E-state index is 12.2. The van der Waals surface area contributed by atoms with Crippen LogP contribution in [0.1, 0.15) is 18.4 Å². The van der Waals surface area contributed by atoms with E-state index in [-0.39, 0.29) is 12.1 Å². The number of anilines is 1. The topological polar surface area (TPSA) is 114 Å². The number of nitrogens with zero attached hydrogens (tertiary/aromatic N) is 2. The molecule has 9 heteroatoms. The van der Waals surface area contributed by atoms with Crippen LogP contribution in [0.3, 0.4) is 0 Å². The first-order chi connectivity index (χ1) is 10.2. The normalized spacial score (nSPS) is 9.50. The fourth-order valence-electron chi connectivity index (χ4n) is 1.09. The second-order valence-electron chi connectivity index (χ2n) is 3.69. The molecule has 0 unspecified atom stereocenters. The molecule has 0 saturated heterocycles. The standard InChI is InChI=1S/C10H7F3N2O.C3H3NO2/c11-10(12,13)7-1-3-8(4-2-7)15-9(16)5-6-14;4-2-1-3(5)6/h1-4H,5H2,(H,15,16);1H2,(H,5,6). The molecule has 6 nitrogen and oxygen atoms in total. The third-order valence-corrected chi connectivity index (χ3v) is 1.97. The van der Waals surface area contributed by atoms with Crippen LogP contribution in [0.15, 0.2) is 24.3 Å². The average Bonchev–Trinajstić information content (AvgIpc) is 2.39. The van der Waals surface area contributed by atoms with Crippen molar-refractivity contribution in [2.24, 2.45) is 0 Å². The van der Waals surface area contributed by atoms with E-state index in [2.05, 4.69) is 5.32 Å². The predicted molar refractivity (Wildman–Crippen MR) is 68.2 cm³/mol. The molecule has 0 aromatic heterocycles. The number of carboxylic acids is 1. The molecule has 0 bridgehead atoms. The van der Waals surface area contributed by atoms with Crippen LogP contribution in [0.25, 0.3) is 0 Å². The van der Waals surface area contributed by atoms with Crippen LogP contribution in [0.2, 0.25) is 0 Å². The Morgan fingerprint density at radius 3 is 1.91 bits per heavy atom. The second kappa shape index (κ2) is 8.97. The van der Waals surface area contributed by atoms with Crippen LogP contribution < -0.4 is 5.32 Å². The Balaban J connectivity index is 0.000000626. The summed E-state index contributed by atoms with van der Waals surface area (Å²) in [5.74, 6) is -1.63. The Kier molecular flexibility index (Phi) is 7.72. The number of carboxylic acid groups (broad SMARTS) is 1. The SMILES string of the molecule is N#CCC(=O)Nc1ccc(C(F)(F)F)cc1.N#CCC(=O)O. The molecule has 0 aliphatic rings.